The molecule has 1 atom stereocenters. The van der Waals surface area contributed by atoms with E-state index in [-0.39, 0.29) is 0 Å². The van der Waals surface area contributed by atoms with Crippen LogP contribution in [0.25, 0.3) is 0 Å². The molecule has 0 radical (unpaired) electrons. The largest absolute Gasteiger partial charge is 0.314 e. The lowest BCUT2D eigenvalue weighted by Crippen LogP contribution is -2.36. The predicted molar refractivity (Wildman–Crippen MR) is 88.2 cm³/mol. The first-order valence-electron chi connectivity index (χ1n) is 8.64. The minimum absolute atomic E-state index is 0.739. The molecule has 0 heterocycles. The molecule has 0 amide bonds. The van der Waals surface area contributed by atoms with Gasteiger partial charge in [-0.2, -0.15) is 0 Å². The van der Waals surface area contributed by atoms with Gasteiger partial charge in [-0.25, -0.2) is 0 Å². The van der Waals surface area contributed by atoms with Crippen LogP contribution in [0.15, 0.2) is 24.3 Å². The third-order valence-corrected chi connectivity index (χ3v) is 4.80. The Hall–Kier alpha value is -0.820. The number of benzene rings is 1. The molecule has 1 heteroatoms. The zero-order valence-corrected chi connectivity index (χ0v) is 13.3. The van der Waals surface area contributed by atoms with Crippen molar-refractivity contribution in [3.8, 4) is 0 Å². The molecule has 0 spiro atoms. The van der Waals surface area contributed by atoms with Crippen LogP contribution in [-0.4, -0.2) is 12.6 Å². The van der Waals surface area contributed by atoms with Gasteiger partial charge in [-0.3, -0.25) is 0 Å². The number of rotatable bonds is 8. The van der Waals surface area contributed by atoms with E-state index < -0.39 is 0 Å². The fourth-order valence-electron chi connectivity index (χ4n) is 3.46. The van der Waals surface area contributed by atoms with Crippen molar-refractivity contribution in [1.29, 1.82) is 0 Å². The van der Waals surface area contributed by atoms with Crippen LogP contribution in [0.5, 0.6) is 0 Å². The summed E-state index contributed by atoms with van der Waals surface area (Å²) in [5.41, 5.74) is 2.95. The fourth-order valence-corrected chi connectivity index (χ4v) is 3.46. The molecule has 0 aliphatic heterocycles. The lowest BCUT2D eigenvalue weighted by atomic mass is 9.92. The smallest absolute Gasteiger partial charge is 0.00984 e. The third-order valence-electron chi connectivity index (χ3n) is 4.80. The third kappa shape index (κ3) is 4.63. The predicted octanol–water partition coefficient (Wildman–Crippen LogP) is 4.74. The van der Waals surface area contributed by atoms with Crippen molar-refractivity contribution in [2.45, 2.75) is 71.3 Å². The van der Waals surface area contributed by atoms with Crippen molar-refractivity contribution < 1.29 is 0 Å². The Morgan fingerprint density at radius 3 is 2.30 bits per heavy atom. The maximum absolute atomic E-state index is 3.80. The lowest BCUT2D eigenvalue weighted by Gasteiger charge is -2.25. The average Bonchev–Trinajstić information content (AvgIpc) is 3.02. The monoisotopic (exact) mass is 273 g/mol. The van der Waals surface area contributed by atoms with E-state index in [9.17, 15) is 0 Å². The summed E-state index contributed by atoms with van der Waals surface area (Å²) >= 11 is 0. The van der Waals surface area contributed by atoms with E-state index in [0.717, 1.165) is 18.4 Å². The summed E-state index contributed by atoms with van der Waals surface area (Å²) in [6, 6.07) is 9.97. The van der Waals surface area contributed by atoms with Gasteiger partial charge in [0.25, 0.3) is 0 Å². The van der Waals surface area contributed by atoms with Crippen molar-refractivity contribution >= 4 is 0 Å². The zero-order chi connectivity index (χ0) is 14.2. The standard InChI is InChI=1S/C19H31N/c1-3-15-20-19(18-7-5-6-8-18)14-13-17-11-9-16(4-2)10-12-17/h9-12,18-20H,3-8,13-15H2,1-2H3. The number of nitrogens with one attached hydrogen (secondary N) is 1. The van der Waals surface area contributed by atoms with Gasteiger partial charge in [0.1, 0.15) is 0 Å². The number of aryl methyl sites for hydroxylation is 2. The molecule has 2 rings (SSSR count). The second kappa shape index (κ2) is 8.46. The molecule has 0 bridgehead atoms. The molecule has 1 aromatic carbocycles. The molecule has 1 aromatic rings. The summed E-state index contributed by atoms with van der Waals surface area (Å²) in [4.78, 5) is 0. The van der Waals surface area contributed by atoms with E-state index in [1.165, 1.54) is 62.6 Å². The lowest BCUT2D eigenvalue weighted by molar-refractivity contribution is 0.341. The molecule has 1 nitrogen and oxygen atoms in total. The highest BCUT2D eigenvalue weighted by atomic mass is 14.9. The Labute approximate surface area is 125 Å². The van der Waals surface area contributed by atoms with E-state index in [2.05, 4.69) is 43.4 Å². The molecule has 1 saturated carbocycles. The van der Waals surface area contributed by atoms with Crippen LogP contribution >= 0.6 is 0 Å². The van der Waals surface area contributed by atoms with Gasteiger partial charge in [0, 0.05) is 6.04 Å². The Kier molecular flexibility index (Phi) is 6.59. The van der Waals surface area contributed by atoms with Crippen molar-refractivity contribution in [2.75, 3.05) is 6.54 Å². The van der Waals surface area contributed by atoms with E-state index in [4.69, 9.17) is 0 Å². The van der Waals surface area contributed by atoms with Gasteiger partial charge in [-0.05, 0) is 62.1 Å². The Morgan fingerprint density at radius 1 is 1.05 bits per heavy atom. The van der Waals surface area contributed by atoms with Crippen LogP contribution in [0.3, 0.4) is 0 Å². The average molecular weight is 273 g/mol. The summed E-state index contributed by atoms with van der Waals surface area (Å²) in [5, 5.41) is 3.80. The molecule has 0 saturated heterocycles. The second-order valence-electron chi connectivity index (χ2n) is 6.31. The summed E-state index contributed by atoms with van der Waals surface area (Å²) in [7, 11) is 0. The Morgan fingerprint density at radius 2 is 1.70 bits per heavy atom. The Balaban J connectivity index is 1.86. The summed E-state index contributed by atoms with van der Waals surface area (Å²) in [6.45, 7) is 5.66. The van der Waals surface area contributed by atoms with Gasteiger partial charge < -0.3 is 5.32 Å². The van der Waals surface area contributed by atoms with Gasteiger partial charge in [0.2, 0.25) is 0 Å². The summed E-state index contributed by atoms with van der Waals surface area (Å²) in [5.74, 6) is 0.927. The van der Waals surface area contributed by atoms with Crippen LogP contribution in [0.4, 0.5) is 0 Å². The van der Waals surface area contributed by atoms with Crippen molar-refractivity contribution in [1.82, 2.24) is 5.32 Å². The van der Waals surface area contributed by atoms with Crippen LogP contribution in [0.2, 0.25) is 0 Å². The highest BCUT2D eigenvalue weighted by Gasteiger charge is 2.24. The summed E-state index contributed by atoms with van der Waals surface area (Å²) in [6.07, 6.45) is 10.7. The van der Waals surface area contributed by atoms with Gasteiger partial charge in [-0.15, -0.1) is 0 Å². The van der Waals surface area contributed by atoms with E-state index in [0.29, 0.717) is 0 Å². The summed E-state index contributed by atoms with van der Waals surface area (Å²) < 4.78 is 0. The maximum Gasteiger partial charge on any atom is 0.00984 e. The van der Waals surface area contributed by atoms with Crippen molar-refractivity contribution in [3.63, 3.8) is 0 Å². The quantitative estimate of drug-likeness (QED) is 0.721. The van der Waals surface area contributed by atoms with Gasteiger partial charge in [0.15, 0.2) is 0 Å². The second-order valence-corrected chi connectivity index (χ2v) is 6.31. The van der Waals surface area contributed by atoms with Crippen LogP contribution < -0.4 is 5.32 Å². The minimum atomic E-state index is 0.739. The van der Waals surface area contributed by atoms with E-state index in [1.807, 2.05) is 0 Å². The first-order chi connectivity index (χ1) is 9.83. The van der Waals surface area contributed by atoms with Crippen LogP contribution in [0.1, 0.15) is 63.5 Å². The molecule has 1 unspecified atom stereocenters. The maximum atomic E-state index is 3.80. The minimum Gasteiger partial charge on any atom is -0.314 e. The normalized spacial score (nSPS) is 17.5. The highest BCUT2D eigenvalue weighted by Crippen LogP contribution is 2.29. The molecule has 112 valence electrons. The molecule has 1 fully saturated rings. The SMILES string of the molecule is CCCNC(CCc1ccc(CC)cc1)C1CCCC1. The number of hydrogen-bond donors (Lipinski definition) is 1. The first-order valence-corrected chi connectivity index (χ1v) is 8.64. The van der Waals surface area contributed by atoms with Crippen LogP contribution in [-0.2, 0) is 12.8 Å². The van der Waals surface area contributed by atoms with E-state index >= 15 is 0 Å². The van der Waals surface area contributed by atoms with Crippen molar-refractivity contribution in [2.24, 2.45) is 5.92 Å². The molecule has 20 heavy (non-hydrogen) atoms. The van der Waals surface area contributed by atoms with Gasteiger partial charge >= 0.3 is 0 Å². The molecule has 0 aromatic heterocycles. The molecule has 1 aliphatic carbocycles. The van der Waals surface area contributed by atoms with Gasteiger partial charge in [-0.1, -0.05) is 51.0 Å². The number of hydrogen-bond acceptors (Lipinski definition) is 1. The zero-order valence-electron chi connectivity index (χ0n) is 13.3. The molecular weight excluding hydrogens is 242 g/mol. The molecule has 1 N–H and O–H groups in total. The Bertz CT molecular complexity index is 362. The molecule has 1 aliphatic rings. The topological polar surface area (TPSA) is 12.0 Å². The molecular formula is C19H31N. The van der Waals surface area contributed by atoms with E-state index in [1.54, 1.807) is 0 Å². The van der Waals surface area contributed by atoms with Crippen molar-refractivity contribution in [3.05, 3.63) is 35.4 Å². The van der Waals surface area contributed by atoms with Gasteiger partial charge in [0.05, 0.1) is 0 Å². The van der Waals surface area contributed by atoms with Crippen LogP contribution in [0, 0.1) is 5.92 Å². The first kappa shape index (κ1) is 15.6. The fraction of sp³-hybridized carbons (Fsp3) is 0.684. The highest BCUT2D eigenvalue weighted by molar-refractivity contribution is 5.22.